The summed E-state index contributed by atoms with van der Waals surface area (Å²) >= 11 is 1.32. The minimum Gasteiger partial charge on any atom is -0.460 e. The van der Waals surface area contributed by atoms with Gasteiger partial charge in [-0.1, -0.05) is 27.2 Å². The quantitative estimate of drug-likeness (QED) is 0.754. The number of rotatable bonds is 5. The smallest absolute Gasteiger partial charge is 0.349 e. The number of aryl methyl sites for hydroxylation is 1. The second kappa shape index (κ2) is 7.95. The standard InChI is InChI=1S/C18H26O4S/c1-11(2)14-6-5-12(3)9-15(14)22-16(19)10-21-18(20)17-13(4)7-8-23-17/h7-8,11-12,14-15H,5-6,9-10H2,1-4H3/t12-,14-,15+/m0/s1. The lowest BCUT2D eigenvalue weighted by Gasteiger charge is -2.36. The van der Waals surface area contributed by atoms with E-state index in [1.807, 2.05) is 18.4 Å². The molecule has 0 aromatic carbocycles. The Kier molecular flexibility index (Phi) is 6.22. The first kappa shape index (κ1) is 18.0. The van der Waals surface area contributed by atoms with Gasteiger partial charge in [-0.2, -0.15) is 0 Å². The lowest BCUT2D eigenvalue weighted by molar-refractivity contribution is -0.159. The first-order valence-corrected chi connectivity index (χ1v) is 9.17. The molecule has 0 bridgehead atoms. The largest absolute Gasteiger partial charge is 0.460 e. The first-order chi connectivity index (χ1) is 10.9. The third-order valence-corrected chi connectivity index (χ3v) is 5.61. The van der Waals surface area contributed by atoms with Gasteiger partial charge in [0.1, 0.15) is 11.0 Å². The van der Waals surface area contributed by atoms with Crippen LogP contribution in [0.5, 0.6) is 0 Å². The van der Waals surface area contributed by atoms with Crippen molar-refractivity contribution in [2.24, 2.45) is 17.8 Å². The van der Waals surface area contributed by atoms with Gasteiger partial charge in [0.15, 0.2) is 6.61 Å². The second-order valence-corrected chi connectivity index (χ2v) is 7.78. The van der Waals surface area contributed by atoms with Crippen molar-refractivity contribution in [3.05, 3.63) is 21.9 Å². The number of ether oxygens (including phenoxy) is 2. The fourth-order valence-electron chi connectivity index (χ4n) is 3.22. The highest BCUT2D eigenvalue weighted by atomic mass is 32.1. The average Bonchev–Trinajstić information content (AvgIpc) is 2.90. The second-order valence-electron chi connectivity index (χ2n) is 6.86. The van der Waals surface area contributed by atoms with Crippen molar-refractivity contribution in [2.75, 3.05) is 6.61 Å². The van der Waals surface area contributed by atoms with Gasteiger partial charge in [0.05, 0.1) is 0 Å². The van der Waals surface area contributed by atoms with Gasteiger partial charge in [-0.05, 0) is 54.5 Å². The monoisotopic (exact) mass is 338 g/mol. The zero-order valence-electron chi connectivity index (χ0n) is 14.3. The zero-order chi connectivity index (χ0) is 17.0. The van der Waals surface area contributed by atoms with E-state index in [0.29, 0.717) is 22.6 Å². The molecule has 1 heterocycles. The van der Waals surface area contributed by atoms with Gasteiger partial charge >= 0.3 is 11.9 Å². The Morgan fingerprint density at radius 2 is 2.09 bits per heavy atom. The molecule has 4 nitrogen and oxygen atoms in total. The molecule has 0 saturated heterocycles. The Hall–Kier alpha value is -1.36. The highest BCUT2D eigenvalue weighted by Gasteiger charge is 2.33. The van der Waals surface area contributed by atoms with Gasteiger partial charge in [0.25, 0.3) is 0 Å². The van der Waals surface area contributed by atoms with Crippen molar-refractivity contribution in [1.82, 2.24) is 0 Å². The van der Waals surface area contributed by atoms with Crippen molar-refractivity contribution in [2.45, 2.75) is 53.1 Å². The van der Waals surface area contributed by atoms with E-state index in [9.17, 15) is 9.59 Å². The van der Waals surface area contributed by atoms with E-state index >= 15 is 0 Å². The SMILES string of the molecule is Cc1ccsc1C(=O)OCC(=O)O[C@@H]1C[C@@H](C)CC[C@H]1C(C)C. The summed E-state index contributed by atoms with van der Waals surface area (Å²) in [7, 11) is 0. The minimum atomic E-state index is -0.452. The summed E-state index contributed by atoms with van der Waals surface area (Å²) in [4.78, 5) is 24.5. The van der Waals surface area contributed by atoms with Crippen LogP contribution in [0.25, 0.3) is 0 Å². The van der Waals surface area contributed by atoms with E-state index in [1.54, 1.807) is 0 Å². The number of esters is 2. The molecule has 23 heavy (non-hydrogen) atoms. The molecule has 0 spiro atoms. The molecule has 1 aliphatic carbocycles. The maximum Gasteiger partial charge on any atom is 0.349 e. The van der Waals surface area contributed by atoms with Crippen molar-refractivity contribution in [3.8, 4) is 0 Å². The molecule has 1 saturated carbocycles. The van der Waals surface area contributed by atoms with Crippen LogP contribution in [0.3, 0.4) is 0 Å². The van der Waals surface area contributed by atoms with Crippen LogP contribution in [-0.2, 0) is 14.3 Å². The third kappa shape index (κ3) is 4.80. The molecule has 0 aliphatic heterocycles. The van der Waals surface area contributed by atoms with Crippen LogP contribution in [0.1, 0.15) is 55.3 Å². The predicted octanol–water partition coefficient (Wildman–Crippen LogP) is 4.22. The molecule has 0 unspecified atom stereocenters. The van der Waals surface area contributed by atoms with Crippen molar-refractivity contribution in [1.29, 1.82) is 0 Å². The normalized spacial score (nSPS) is 24.5. The fourth-order valence-corrected chi connectivity index (χ4v) is 4.04. The molecule has 0 amide bonds. The third-order valence-electron chi connectivity index (χ3n) is 4.61. The Bertz CT molecular complexity index is 549. The van der Waals surface area contributed by atoms with Gasteiger partial charge in [-0.3, -0.25) is 0 Å². The molecule has 0 N–H and O–H groups in total. The summed E-state index contributed by atoms with van der Waals surface area (Å²) in [5.74, 6) is 0.547. The molecular weight excluding hydrogens is 312 g/mol. The minimum absolute atomic E-state index is 0.0616. The van der Waals surface area contributed by atoms with Gasteiger partial charge in [0.2, 0.25) is 0 Å². The Balaban J connectivity index is 1.85. The zero-order valence-corrected chi connectivity index (χ0v) is 15.2. The summed E-state index contributed by atoms with van der Waals surface area (Å²) < 4.78 is 10.7. The number of carbonyl (C=O) groups excluding carboxylic acids is 2. The lowest BCUT2D eigenvalue weighted by Crippen LogP contribution is -2.36. The average molecular weight is 338 g/mol. The van der Waals surface area contributed by atoms with E-state index < -0.39 is 11.9 Å². The van der Waals surface area contributed by atoms with Crippen LogP contribution in [-0.4, -0.2) is 24.6 Å². The first-order valence-electron chi connectivity index (χ1n) is 8.29. The van der Waals surface area contributed by atoms with Crippen LogP contribution in [0.4, 0.5) is 0 Å². The van der Waals surface area contributed by atoms with Gasteiger partial charge in [-0.25, -0.2) is 9.59 Å². The van der Waals surface area contributed by atoms with Crippen LogP contribution in [0.15, 0.2) is 11.4 Å². The Morgan fingerprint density at radius 1 is 1.35 bits per heavy atom. The molecule has 5 heteroatoms. The number of thiophene rings is 1. The summed E-state index contributed by atoms with van der Waals surface area (Å²) in [6, 6.07) is 1.86. The number of hydrogen-bond donors (Lipinski definition) is 0. The summed E-state index contributed by atoms with van der Waals surface area (Å²) in [6.07, 6.45) is 3.11. The Labute approximate surface area is 142 Å². The van der Waals surface area contributed by atoms with E-state index in [2.05, 4.69) is 20.8 Å². The highest BCUT2D eigenvalue weighted by Crippen LogP contribution is 2.35. The lowest BCUT2D eigenvalue weighted by atomic mass is 9.75. The van der Waals surface area contributed by atoms with Crippen LogP contribution in [0, 0.1) is 24.7 Å². The summed E-state index contributed by atoms with van der Waals surface area (Å²) in [5, 5.41) is 1.83. The van der Waals surface area contributed by atoms with E-state index in [-0.39, 0.29) is 12.7 Å². The highest BCUT2D eigenvalue weighted by molar-refractivity contribution is 7.12. The summed E-state index contributed by atoms with van der Waals surface area (Å²) in [5.41, 5.74) is 0.870. The molecule has 1 aromatic rings. The molecule has 128 valence electrons. The number of hydrogen-bond acceptors (Lipinski definition) is 5. The molecule has 2 rings (SSSR count). The van der Waals surface area contributed by atoms with Crippen molar-refractivity contribution < 1.29 is 19.1 Å². The predicted molar refractivity (Wildman–Crippen MR) is 90.6 cm³/mol. The van der Waals surface area contributed by atoms with E-state index in [4.69, 9.17) is 9.47 Å². The van der Waals surface area contributed by atoms with Gasteiger partial charge in [0, 0.05) is 0 Å². The van der Waals surface area contributed by atoms with Crippen LogP contribution in [0.2, 0.25) is 0 Å². The van der Waals surface area contributed by atoms with Gasteiger partial charge in [-0.15, -0.1) is 11.3 Å². The molecule has 1 aromatic heterocycles. The van der Waals surface area contributed by atoms with Crippen molar-refractivity contribution >= 4 is 23.3 Å². The maximum absolute atomic E-state index is 12.0. The Morgan fingerprint density at radius 3 is 2.70 bits per heavy atom. The van der Waals surface area contributed by atoms with E-state index in [0.717, 1.165) is 18.4 Å². The molecule has 0 radical (unpaired) electrons. The van der Waals surface area contributed by atoms with Gasteiger partial charge < -0.3 is 9.47 Å². The summed E-state index contributed by atoms with van der Waals surface area (Å²) in [6.45, 7) is 8.06. The maximum atomic E-state index is 12.0. The van der Waals surface area contributed by atoms with Crippen molar-refractivity contribution in [3.63, 3.8) is 0 Å². The number of carbonyl (C=O) groups is 2. The molecular formula is C18H26O4S. The van der Waals surface area contributed by atoms with Crippen LogP contribution < -0.4 is 0 Å². The molecule has 1 aliphatic rings. The molecule has 3 atom stereocenters. The van der Waals surface area contributed by atoms with Crippen LogP contribution >= 0.6 is 11.3 Å². The van der Waals surface area contributed by atoms with E-state index in [1.165, 1.54) is 17.8 Å². The fraction of sp³-hybridized carbons (Fsp3) is 0.667. The topological polar surface area (TPSA) is 52.6 Å². The molecule has 1 fully saturated rings.